The molecule has 154 valence electrons. The highest BCUT2D eigenvalue weighted by atomic mass is 15.2. The number of hydrogen-bond acceptors (Lipinski definition) is 5. The summed E-state index contributed by atoms with van der Waals surface area (Å²) in [4.78, 5) is 19.9. The van der Waals surface area contributed by atoms with Crippen LogP contribution in [0.25, 0.3) is 11.0 Å². The van der Waals surface area contributed by atoms with Crippen LogP contribution >= 0.6 is 0 Å². The van der Waals surface area contributed by atoms with E-state index in [9.17, 15) is 0 Å². The molecule has 3 heterocycles. The average Bonchev–Trinajstić information content (AvgIpc) is 3.13. The quantitative estimate of drug-likeness (QED) is 0.656. The molecule has 0 spiro atoms. The number of aromatic amines is 1. The highest BCUT2D eigenvalue weighted by molar-refractivity contribution is 5.75. The number of nitrogens with one attached hydrogen (secondary N) is 2. The topological polar surface area (TPSA) is 69.7 Å². The lowest BCUT2D eigenvalue weighted by molar-refractivity contribution is 0.374. The van der Waals surface area contributed by atoms with Gasteiger partial charge in [-0.15, -0.1) is 0 Å². The molecule has 29 heavy (non-hydrogen) atoms. The van der Waals surface area contributed by atoms with E-state index in [1.807, 2.05) is 13.1 Å². The molecule has 2 N–H and O–H groups in total. The van der Waals surface area contributed by atoms with Crippen molar-refractivity contribution in [3.63, 3.8) is 0 Å². The summed E-state index contributed by atoms with van der Waals surface area (Å²) in [7, 11) is 0. The maximum Gasteiger partial charge on any atom is 0.135 e. The number of H-pyrrole nitrogens is 1. The molecule has 1 fully saturated rings. The summed E-state index contributed by atoms with van der Waals surface area (Å²) in [6.07, 6.45) is 6.38. The first-order valence-electron chi connectivity index (χ1n) is 10.8. The van der Waals surface area contributed by atoms with Crippen molar-refractivity contribution < 1.29 is 0 Å². The molecule has 0 radical (unpaired) electrons. The Bertz CT molecular complexity index is 971. The molecular formula is C23H32N6. The Morgan fingerprint density at radius 2 is 2.00 bits per heavy atom. The summed E-state index contributed by atoms with van der Waals surface area (Å²) in [6.45, 7) is 10.5. The lowest BCUT2D eigenvalue weighted by Crippen LogP contribution is -2.44. The highest BCUT2D eigenvalue weighted by Gasteiger charge is 2.24. The molecule has 1 atom stereocenters. The number of imidazole rings is 1. The number of aryl methyl sites for hydroxylation is 3. The third-order valence-electron chi connectivity index (χ3n) is 5.83. The molecule has 4 rings (SSSR count). The Hall–Kier alpha value is -2.47. The summed E-state index contributed by atoms with van der Waals surface area (Å²) < 4.78 is 0. The van der Waals surface area contributed by atoms with Gasteiger partial charge in [-0.3, -0.25) is 0 Å². The first-order valence-corrected chi connectivity index (χ1v) is 10.8. The molecule has 6 heteroatoms. The third-order valence-corrected chi connectivity index (χ3v) is 5.83. The van der Waals surface area contributed by atoms with E-state index in [1.54, 1.807) is 0 Å². The fourth-order valence-corrected chi connectivity index (χ4v) is 4.24. The Labute approximate surface area is 173 Å². The van der Waals surface area contributed by atoms with Crippen molar-refractivity contribution in [2.45, 2.75) is 65.5 Å². The van der Waals surface area contributed by atoms with E-state index in [2.05, 4.69) is 59.2 Å². The van der Waals surface area contributed by atoms with E-state index in [4.69, 9.17) is 9.97 Å². The van der Waals surface area contributed by atoms with E-state index < -0.39 is 0 Å². The Balaban J connectivity index is 1.39. The van der Waals surface area contributed by atoms with Gasteiger partial charge in [-0.25, -0.2) is 15.0 Å². The van der Waals surface area contributed by atoms with Gasteiger partial charge in [-0.2, -0.15) is 0 Å². The van der Waals surface area contributed by atoms with Gasteiger partial charge in [0, 0.05) is 30.9 Å². The van der Waals surface area contributed by atoms with Crippen LogP contribution in [0.3, 0.4) is 0 Å². The van der Waals surface area contributed by atoms with Gasteiger partial charge in [-0.05, 0) is 57.7 Å². The Kier molecular flexibility index (Phi) is 5.81. The molecule has 6 nitrogen and oxygen atoms in total. The molecule has 3 aromatic rings. The summed E-state index contributed by atoms with van der Waals surface area (Å²) in [5.41, 5.74) is 4.68. The summed E-state index contributed by atoms with van der Waals surface area (Å²) in [5, 5.41) is 3.78. The molecule has 1 aliphatic rings. The molecule has 1 saturated heterocycles. The standard InChI is InChI=1S/C23H32N6/c1-5-6-18-14-24-17(4)26-23(18)29-11-9-19(10-12-29)25-16(3)22-27-20-8-7-15(2)13-21(20)28-22/h7-8,13-14,16,19,25H,5-6,9-12H2,1-4H3,(H,27,28)/t16-/m1/s1. The smallest absolute Gasteiger partial charge is 0.135 e. The predicted octanol–water partition coefficient (Wildman–Crippen LogP) is 4.24. The van der Waals surface area contributed by atoms with Crippen LogP contribution in [-0.4, -0.2) is 39.1 Å². The highest BCUT2D eigenvalue weighted by Crippen LogP contribution is 2.24. The first-order chi connectivity index (χ1) is 14.0. The number of rotatable bonds is 6. The molecule has 0 amide bonds. The van der Waals surface area contributed by atoms with Gasteiger partial charge >= 0.3 is 0 Å². The second-order valence-corrected chi connectivity index (χ2v) is 8.31. The number of nitrogens with zero attached hydrogens (tertiary/aromatic N) is 4. The Morgan fingerprint density at radius 1 is 1.21 bits per heavy atom. The number of aromatic nitrogens is 4. The molecule has 1 aliphatic heterocycles. The van der Waals surface area contributed by atoms with Crippen LogP contribution in [0.5, 0.6) is 0 Å². The molecule has 2 aromatic heterocycles. The van der Waals surface area contributed by atoms with E-state index in [1.165, 1.54) is 11.1 Å². The van der Waals surface area contributed by atoms with Gasteiger partial charge in [0.2, 0.25) is 0 Å². The monoisotopic (exact) mass is 392 g/mol. The molecule has 0 saturated carbocycles. The molecule has 1 aromatic carbocycles. The van der Waals surface area contributed by atoms with Crippen LogP contribution in [0.1, 0.15) is 61.9 Å². The second kappa shape index (κ2) is 8.49. The summed E-state index contributed by atoms with van der Waals surface area (Å²) in [6, 6.07) is 7.06. The molecule has 0 unspecified atom stereocenters. The van der Waals surface area contributed by atoms with Crippen LogP contribution in [0, 0.1) is 13.8 Å². The van der Waals surface area contributed by atoms with Crippen molar-refractivity contribution in [3.8, 4) is 0 Å². The van der Waals surface area contributed by atoms with Crippen molar-refractivity contribution in [2.75, 3.05) is 18.0 Å². The number of fused-ring (bicyclic) bond motifs is 1. The second-order valence-electron chi connectivity index (χ2n) is 8.31. The number of benzene rings is 1. The fraction of sp³-hybridized carbons (Fsp3) is 0.522. The zero-order chi connectivity index (χ0) is 20.4. The zero-order valence-electron chi connectivity index (χ0n) is 18.0. The van der Waals surface area contributed by atoms with E-state index in [0.29, 0.717) is 6.04 Å². The minimum absolute atomic E-state index is 0.205. The van der Waals surface area contributed by atoms with Gasteiger partial charge in [0.25, 0.3) is 0 Å². The van der Waals surface area contributed by atoms with Gasteiger partial charge < -0.3 is 15.2 Å². The molecule has 0 bridgehead atoms. The van der Waals surface area contributed by atoms with Gasteiger partial charge in [0.05, 0.1) is 17.1 Å². The van der Waals surface area contributed by atoms with Crippen LogP contribution in [0.15, 0.2) is 24.4 Å². The fourth-order valence-electron chi connectivity index (χ4n) is 4.24. The van der Waals surface area contributed by atoms with Gasteiger partial charge in [0.15, 0.2) is 0 Å². The van der Waals surface area contributed by atoms with Gasteiger partial charge in [0.1, 0.15) is 17.5 Å². The Morgan fingerprint density at radius 3 is 2.76 bits per heavy atom. The minimum Gasteiger partial charge on any atom is -0.356 e. The lowest BCUT2D eigenvalue weighted by atomic mass is 10.0. The van der Waals surface area contributed by atoms with E-state index in [-0.39, 0.29) is 6.04 Å². The van der Waals surface area contributed by atoms with Crippen molar-refractivity contribution in [3.05, 3.63) is 47.2 Å². The van der Waals surface area contributed by atoms with Crippen molar-refractivity contribution in [1.82, 2.24) is 25.3 Å². The maximum atomic E-state index is 4.78. The van der Waals surface area contributed by atoms with Crippen molar-refractivity contribution in [2.24, 2.45) is 0 Å². The first kappa shape index (κ1) is 19.8. The van der Waals surface area contributed by atoms with E-state index in [0.717, 1.165) is 67.3 Å². The van der Waals surface area contributed by atoms with Crippen molar-refractivity contribution >= 4 is 16.9 Å². The SMILES string of the molecule is CCCc1cnc(C)nc1N1CCC(N[C@H](C)c2nc3ccc(C)cc3[nH]2)CC1. The number of anilines is 1. The minimum atomic E-state index is 0.205. The third kappa shape index (κ3) is 4.42. The largest absolute Gasteiger partial charge is 0.356 e. The summed E-state index contributed by atoms with van der Waals surface area (Å²) in [5.74, 6) is 3.01. The molecule has 0 aliphatic carbocycles. The predicted molar refractivity (Wildman–Crippen MR) is 118 cm³/mol. The van der Waals surface area contributed by atoms with Crippen LogP contribution < -0.4 is 10.2 Å². The zero-order valence-corrected chi connectivity index (χ0v) is 18.0. The maximum absolute atomic E-state index is 4.78. The van der Waals surface area contributed by atoms with Gasteiger partial charge in [-0.1, -0.05) is 19.4 Å². The lowest BCUT2D eigenvalue weighted by Gasteiger charge is -2.35. The average molecular weight is 393 g/mol. The van der Waals surface area contributed by atoms with Crippen LogP contribution in [0.4, 0.5) is 5.82 Å². The number of piperidine rings is 1. The van der Waals surface area contributed by atoms with Crippen LogP contribution in [0.2, 0.25) is 0 Å². The summed E-state index contributed by atoms with van der Waals surface area (Å²) >= 11 is 0. The van der Waals surface area contributed by atoms with Crippen LogP contribution in [-0.2, 0) is 6.42 Å². The van der Waals surface area contributed by atoms with Crippen molar-refractivity contribution in [1.29, 1.82) is 0 Å². The normalized spacial score (nSPS) is 16.5. The van der Waals surface area contributed by atoms with E-state index >= 15 is 0 Å². The molecular weight excluding hydrogens is 360 g/mol. The number of hydrogen-bond donors (Lipinski definition) is 2.